The van der Waals surface area contributed by atoms with E-state index >= 15 is 0 Å². The molecule has 0 aliphatic rings. The van der Waals surface area contributed by atoms with Gasteiger partial charge in [0.2, 0.25) is 0 Å². The van der Waals surface area contributed by atoms with Crippen molar-refractivity contribution in [2.75, 3.05) is 0 Å². The Bertz CT molecular complexity index is 646. The van der Waals surface area contributed by atoms with Crippen LogP contribution in [0.25, 0.3) is 0 Å². The molecule has 8 heteroatoms. The molecule has 0 bridgehead atoms. The van der Waals surface area contributed by atoms with Gasteiger partial charge in [0.15, 0.2) is 0 Å². The van der Waals surface area contributed by atoms with E-state index in [4.69, 9.17) is 16.3 Å². The molecule has 0 fully saturated rings. The normalized spacial score (nSPS) is 10.3. The number of nitro benzene ring substituents is 1. The largest absolute Gasteiger partial charge is 0.461 e. The number of ether oxygens (including phenoxy) is 1. The van der Waals surface area contributed by atoms with Crippen molar-refractivity contribution >= 4 is 34.6 Å². The zero-order chi connectivity index (χ0) is 15.2. The first-order valence-electron chi connectivity index (χ1n) is 6.03. The van der Waals surface area contributed by atoms with E-state index in [2.05, 4.69) is 4.98 Å². The van der Waals surface area contributed by atoms with Crippen molar-refractivity contribution in [3.8, 4) is 0 Å². The molecule has 1 aromatic carbocycles. The topological polar surface area (TPSA) is 82.3 Å². The van der Waals surface area contributed by atoms with E-state index in [9.17, 15) is 14.9 Å². The van der Waals surface area contributed by atoms with Gasteiger partial charge in [-0.3, -0.25) is 14.9 Å². The molecule has 0 amide bonds. The lowest BCUT2D eigenvalue weighted by atomic mass is 10.2. The maximum atomic E-state index is 11.6. The third-order valence-corrected chi connectivity index (χ3v) is 3.79. The maximum Gasteiger partial charge on any atom is 0.306 e. The number of nitro groups is 1. The Morgan fingerprint density at radius 1 is 1.48 bits per heavy atom. The summed E-state index contributed by atoms with van der Waals surface area (Å²) >= 11 is 7.18. The van der Waals surface area contributed by atoms with Gasteiger partial charge in [-0.2, -0.15) is 0 Å². The fraction of sp³-hybridized carbons (Fsp3) is 0.231. The second-order valence-corrected chi connectivity index (χ2v) is 5.52. The monoisotopic (exact) mass is 326 g/mol. The molecule has 2 aromatic rings. The van der Waals surface area contributed by atoms with Gasteiger partial charge >= 0.3 is 5.97 Å². The predicted octanol–water partition coefficient (Wildman–Crippen LogP) is 3.38. The molecule has 0 unspecified atom stereocenters. The molecule has 0 saturated heterocycles. The number of carbonyl (C=O) groups excluding carboxylic acids is 1. The van der Waals surface area contributed by atoms with E-state index < -0.39 is 4.92 Å². The lowest BCUT2D eigenvalue weighted by molar-refractivity contribution is -0.384. The fourth-order valence-corrected chi connectivity index (χ4v) is 2.42. The standard InChI is InChI=1S/C13H11ClN2O4S/c14-10-2-1-9(7-11(10)16(18)19)8-20-13(17)4-3-12-15-5-6-21-12/h1-2,5-7H,3-4,8H2. The third kappa shape index (κ3) is 4.51. The summed E-state index contributed by atoms with van der Waals surface area (Å²) in [6, 6.07) is 4.30. The van der Waals surface area contributed by atoms with E-state index in [0.29, 0.717) is 12.0 Å². The predicted molar refractivity (Wildman–Crippen MR) is 78.3 cm³/mol. The number of aryl methyl sites for hydroxylation is 1. The number of benzene rings is 1. The first kappa shape index (κ1) is 15.4. The molecule has 21 heavy (non-hydrogen) atoms. The Kier molecular flexibility index (Phi) is 5.24. The molecule has 6 nitrogen and oxygen atoms in total. The van der Waals surface area contributed by atoms with Crippen molar-refractivity contribution in [3.05, 3.63) is 55.5 Å². The highest BCUT2D eigenvalue weighted by atomic mass is 35.5. The molecule has 1 aromatic heterocycles. The molecule has 2 rings (SSSR count). The minimum Gasteiger partial charge on any atom is -0.461 e. The van der Waals surface area contributed by atoms with E-state index in [1.807, 2.05) is 5.38 Å². The molecular weight excluding hydrogens is 316 g/mol. The summed E-state index contributed by atoms with van der Waals surface area (Å²) in [5.74, 6) is -0.372. The van der Waals surface area contributed by atoms with Crippen LogP contribution in [-0.2, 0) is 22.6 Å². The van der Waals surface area contributed by atoms with Crippen molar-refractivity contribution in [3.63, 3.8) is 0 Å². The Morgan fingerprint density at radius 2 is 2.29 bits per heavy atom. The van der Waals surface area contributed by atoms with Crippen LogP contribution in [-0.4, -0.2) is 15.9 Å². The van der Waals surface area contributed by atoms with Gasteiger partial charge in [-0.25, -0.2) is 4.98 Å². The van der Waals surface area contributed by atoms with Crippen molar-refractivity contribution in [2.45, 2.75) is 19.4 Å². The van der Waals surface area contributed by atoms with Crippen molar-refractivity contribution in [2.24, 2.45) is 0 Å². The highest BCUT2D eigenvalue weighted by Crippen LogP contribution is 2.25. The van der Waals surface area contributed by atoms with Crippen LogP contribution in [0.4, 0.5) is 5.69 Å². The minimum absolute atomic E-state index is 0.0191. The van der Waals surface area contributed by atoms with Crippen molar-refractivity contribution < 1.29 is 14.5 Å². The van der Waals surface area contributed by atoms with Crippen LogP contribution in [0.15, 0.2) is 29.8 Å². The van der Waals surface area contributed by atoms with Gasteiger partial charge < -0.3 is 4.74 Å². The number of hydrogen-bond donors (Lipinski definition) is 0. The molecule has 0 saturated carbocycles. The SMILES string of the molecule is O=C(CCc1nccs1)OCc1ccc(Cl)c([N+](=O)[O-])c1. The van der Waals surface area contributed by atoms with Crippen LogP contribution < -0.4 is 0 Å². The number of rotatable bonds is 6. The second-order valence-electron chi connectivity index (χ2n) is 4.13. The molecule has 0 radical (unpaired) electrons. The van der Waals surface area contributed by atoms with Gasteiger partial charge in [0.25, 0.3) is 5.69 Å². The lowest BCUT2D eigenvalue weighted by Gasteiger charge is -2.05. The quantitative estimate of drug-likeness (QED) is 0.461. The van der Waals surface area contributed by atoms with Gasteiger partial charge in [0, 0.05) is 24.1 Å². The van der Waals surface area contributed by atoms with Crippen LogP contribution in [0.2, 0.25) is 5.02 Å². The molecule has 0 aliphatic carbocycles. The average Bonchev–Trinajstić information content (AvgIpc) is 2.97. The number of aromatic nitrogens is 1. The highest BCUT2D eigenvalue weighted by molar-refractivity contribution is 7.09. The molecular formula is C13H11ClN2O4S. The highest BCUT2D eigenvalue weighted by Gasteiger charge is 2.13. The summed E-state index contributed by atoms with van der Waals surface area (Å²) < 4.78 is 5.07. The van der Waals surface area contributed by atoms with Gasteiger partial charge in [0.1, 0.15) is 11.6 Å². The van der Waals surface area contributed by atoms with Gasteiger partial charge in [-0.1, -0.05) is 17.7 Å². The zero-order valence-electron chi connectivity index (χ0n) is 10.8. The van der Waals surface area contributed by atoms with Crippen LogP contribution in [0.5, 0.6) is 0 Å². The lowest BCUT2D eigenvalue weighted by Crippen LogP contribution is -2.06. The number of hydrogen-bond acceptors (Lipinski definition) is 6. The Hall–Kier alpha value is -1.99. The Balaban J connectivity index is 1.86. The smallest absolute Gasteiger partial charge is 0.306 e. The molecule has 110 valence electrons. The van der Waals surface area contributed by atoms with E-state index in [1.54, 1.807) is 12.3 Å². The second kappa shape index (κ2) is 7.14. The summed E-state index contributed by atoms with van der Waals surface area (Å²) in [6.07, 6.45) is 2.43. The molecule has 0 atom stereocenters. The average molecular weight is 327 g/mol. The number of esters is 1. The maximum absolute atomic E-state index is 11.6. The van der Waals surface area contributed by atoms with Crippen molar-refractivity contribution in [1.29, 1.82) is 0 Å². The summed E-state index contributed by atoms with van der Waals surface area (Å²) in [6.45, 7) is -0.0191. The fourth-order valence-electron chi connectivity index (χ4n) is 1.61. The minimum atomic E-state index is -0.573. The Labute approximate surface area is 129 Å². The van der Waals surface area contributed by atoms with Crippen LogP contribution in [0.1, 0.15) is 17.0 Å². The van der Waals surface area contributed by atoms with E-state index in [1.165, 1.54) is 23.5 Å². The van der Waals surface area contributed by atoms with E-state index in [0.717, 1.165) is 5.01 Å². The van der Waals surface area contributed by atoms with Gasteiger partial charge in [-0.15, -0.1) is 11.3 Å². The molecule has 0 spiro atoms. The molecule has 1 heterocycles. The third-order valence-electron chi connectivity index (χ3n) is 2.63. The number of halogens is 1. The first-order chi connectivity index (χ1) is 10.1. The molecule has 0 N–H and O–H groups in total. The van der Waals surface area contributed by atoms with E-state index in [-0.39, 0.29) is 29.7 Å². The number of thiazole rings is 1. The Morgan fingerprint density at radius 3 is 2.95 bits per heavy atom. The van der Waals surface area contributed by atoms with Crippen LogP contribution in [0.3, 0.4) is 0 Å². The number of carbonyl (C=O) groups is 1. The summed E-state index contributed by atoms with van der Waals surface area (Å²) in [5.41, 5.74) is 0.321. The molecule has 0 aliphatic heterocycles. The van der Waals surface area contributed by atoms with Gasteiger partial charge in [0.05, 0.1) is 16.4 Å². The summed E-state index contributed by atoms with van der Waals surface area (Å²) in [5, 5.41) is 13.5. The van der Waals surface area contributed by atoms with Crippen LogP contribution >= 0.6 is 22.9 Å². The summed E-state index contributed by atoms with van der Waals surface area (Å²) in [4.78, 5) is 25.8. The number of nitrogens with zero attached hydrogens (tertiary/aromatic N) is 2. The van der Waals surface area contributed by atoms with Crippen LogP contribution in [0, 0.1) is 10.1 Å². The van der Waals surface area contributed by atoms with Crippen molar-refractivity contribution in [1.82, 2.24) is 4.98 Å². The summed E-state index contributed by atoms with van der Waals surface area (Å²) in [7, 11) is 0. The zero-order valence-corrected chi connectivity index (χ0v) is 12.4. The first-order valence-corrected chi connectivity index (χ1v) is 7.29. The van der Waals surface area contributed by atoms with Gasteiger partial charge in [-0.05, 0) is 11.6 Å².